The smallest absolute Gasteiger partial charge is 0.221 e. The van der Waals surface area contributed by atoms with Gasteiger partial charge in [-0.1, -0.05) is 12.1 Å². The highest BCUT2D eigenvalue weighted by Crippen LogP contribution is 2.12. The maximum Gasteiger partial charge on any atom is 0.221 e. The van der Waals surface area contributed by atoms with Crippen LogP contribution in [0.3, 0.4) is 0 Å². The maximum atomic E-state index is 10.7. The third-order valence-electron chi connectivity index (χ3n) is 1.92. The van der Waals surface area contributed by atoms with Crippen molar-refractivity contribution in [1.29, 1.82) is 0 Å². The third-order valence-corrected chi connectivity index (χ3v) is 2.28. The minimum atomic E-state index is -0.674. The van der Waals surface area contributed by atoms with E-state index in [-0.39, 0.29) is 24.8 Å². The minimum absolute atomic E-state index is 0.139. The van der Waals surface area contributed by atoms with Crippen molar-refractivity contribution < 1.29 is 14.6 Å². The number of aliphatic hydroxyl groups is 1. The molecule has 0 aliphatic heterocycles. The van der Waals surface area contributed by atoms with Crippen molar-refractivity contribution in [2.45, 2.75) is 12.5 Å². The van der Waals surface area contributed by atoms with E-state index in [1.807, 2.05) is 0 Å². The van der Waals surface area contributed by atoms with E-state index in [0.717, 1.165) is 5.56 Å². The van der Waals surface area contributed by atoms with Crippen molar-refractivity contribution in [3.63, 3.8) is 0 Å². The zero-order valence-electron chi connectivity index (χ0n) is 8.73. The van der Waals surface area contributed by atoms with E-state index in [0.29, 0.717) is 5.75 Å². The Labute approximate surface area is 99.0 Å². The van der Waals surface area contributed by atoms with Crippen LogP contribution in [0.5, 0.6) is 5.75 Å². The zero-order chi connectivity index (χ0) is 12.0. The molecule has 1 rings (SSSR count). The Hall–Kier alpha value is -1.26. The number of carbonyl (C=O) groups excluding carboxylic acids is 1. The Morgan fingerprint density at radius 3 is 2.56 bits per heavy atom. The fourth-order valence-corrected chi connectivity index (χ4v) is 1.23. The van der Waals surface area contributed by atoms with Gasteiger partial charge in [-0.15, -0.1) is 11.6 Å². The number of primary amides is 1. The quantitative estimate of drug-likeness (QED) is 0.723. The van der Waals surface area contributed by atoms with Gasteiger partial charge in [-0.25, -0.2) is 0 Å². The summed E-state index contributed by atoms with van der Waals surface area (Å²) in [5.41, 5.74) is 5.89. The second-order valence-electron chi connectivity index (χ2n) is 3.41. The predicted octanol–water partition coefficient (Wildman–Crippen LogP) is 0.693. The van der Waals surface area contributed by atoms with Crippen LogP contribution in [0.1, 0.15) is 5.56 Å². The molecule has 5 heteroatoms. The first kappa shape index (κ1) is 12.8. The normalized spacial score (nSPS) is 12.1. The fraction of sp³-hybridized carbons (Fsp3) is 0.364. The van der Waals surface area contributed by atoms with Crippen molar-refractivity contribution in [3.05, 3.63) is 29.8 Å². The summed E-state index contributed by atoms with van der Waals surface area (Å²) in [5.74, 6) is 0.392. The van der Waals surface area contributed by atoms with E-state index < -0.39 is 6.10 Å². The van der Waals surface area contributed by atoms with Crippen LogP contribution < -0.4 is 10.5 Å². The molecule has 88 valence electrons. The Morgan fingerprint density at radius 1 is 1.44 bits per heavy atom. The molecular formula is C11H14ClNO3. The number of ether oxygens (including phenoxy) is 1. The molecule has 0 spiro atoms. The second-order valence-corrected chi connectivity index (χ2v) is 3.71. The topological polar surface area (TPSA) is 72.6 Å². The van der Waals surface area contributed by atoms with Gasteiger partial charge >= 0.3 is 0 Å². The van der Waals surface area contributed by atoms with Crippen molar-refractivity contribution in [2.24, 2.45) is 5.73 Å². The SMILES string of the molecule is NC(=O)Cc1ccc(OC[C@H](O)CCl)cc1. The van der Waals surface area contributed by atoms with Gasteiger partial charge in [0.2, 0.25) is 5.91 Å². The molecule has 0 saturated carbocycles. The number of amides is 1. The molecule has 1 amide bonds. The molecule has 0 aromatic heterocycles. The molecule has 4 nitrogen and oxygen atoms in total. The summed E-state index contributed by atoms with van der Waals surface area (Å²) in [7, 11) is 0. The average molecular weight is 244 g/mol. The van der Waals surface area contributed by atoms with Gasteiger partial charge in [0.25, 0.3) is 0 Å². The summed E-state index contributed by atoms with van der Waals surface area (Å²) in [5, 5.41) is 9.17. The van der Waals surface area contributed by atoms with Crippen LogP contribution in [0.4, 0.5) is 0 Å². The van der Waals surface area contributed by atoms with Crippen LogP contribution in [-0.2, 0) is 11.2 Å². The van der Waals surface area contributed by atoms with Gasteiger partial charge in [-0.3, -0.25) is 4.79 Å². The Balaban J connectivity index is 2.48. The monoisotopic (exact) mass is 243 g/mol. The minimum Gasteiger partial charge on any atom is -0.491 e. The van der Waals surface area contributed by atoms with Gasteiger partial charge < -0.3 is 15.6 Å². The van der Waals surface area contributed by atoms with Crippen LogP contribution in [0.25, 0.3) is 0 Å². The lowest BCUT2D eigenvalue weighted by atomic mass is 10.1. The third kappa shape index (κ3) is 4.51. The average Bonchev–Trinajstić information content (AvgIpc) is 2.27. The Kier molecular flexibility index (Phi) is 5.08. The van der Waals surface area contributed by atoms with E-state index in [4.69, 9.17) is 22.1 Å². The van der Waals surface area contributed by atoms with Gasteiger partial charge in [0.15, 0.2) is 0 Å². The molecule has 0 unspecified atom stereocenters. The van der Waals surface area contributed by atoms with Crippen molar-refractivity contribution in [1.82, 2.24) is 0 Å². The molecule has 0 aliphatic carbocycles. The molecule has 3 N–H and O–H groups in total. The van der Waals surface area contributed by atoms with Gasteiger partial charge in [0.05, 0.1) is 12.3 Å². The maximum absolute atomic E-state index is 10.7. The highest BCUT2D eigenvalue weighted by Gasteiger charge is 2.03. The molecule has 1 aromatic rings. The van der Waals surface area contributed by atoms with Gasteiger partial charge in [-0.05, 0) is 17.7 Å². The summed E-state index contributed by atoms with van der Waals surface area (Å²) in [6, 6.07) is 6.96. The zero-order valence-corrected chi connectivity index (χ0v) is 9.48. The van der Waals surface area contributed by atoms with E-state index in [1.165, 1.54) is 0 Å². The Bertz CT molecular complexity index is 340. The molecule has 1 atom stereocenters. The summed E-state index contributed by atoms with van der Waals surface area (Å²) < 4.78 is 5.27. The largest absolute Gasteiger partial charge is 0.491 e. The van der Waals surface area contributed by atoms with Crippen molar-refractivity contribution in [3.8, 4) is 5.75 Å². The standard InChI is InChI=1S/C11H14ClNO3/c12-6-9(14)7-16-10-3-1-8(2-4-10)5-11(13)15/h1-4,9,14H,5-7H2,(H2,13,15)/t9-/m1/s1. The van der Waals surface area contributed by atoms with Gasteiger partial charge in [0, 0.05) is 0 Å². The summed E-state index contributed by atoms with van der Waals surface area (Å²) in [4.78, 5) is 10.7. The predicted molar refractivity (Wildman–Crippen MR) is 61.6 cm³/mol. The molecule has 0 bridgehead atoms. The van der Waals surface area contributed by atoms with E-state index in [2.05, 4.69) is 0 Å². The first-order valence-corrected chi connectivity index (χ1v) is 5.39. The number of hydrogen-bond acceptors (Lipinski definition) is 3. The van der Waals surface area contributed by atoms with Crippen molar-refractivity contribution >= 4 is 17.5 Å². The number of halogens is 1. The molecule has 0 heterocycles. The van der Waals surface area contributed by atoms with Crippen LogP contribution in [0.2, 0.25) is 0 Å². The van der Waals surface area contributed by atoms with E-state index in [1.54, 1.807) is 24.3 Å². The first-order valence-electron chi connectivity index (χ1n) is 4.86. The first-order chi connectivity index (χ1) is 7.61. The van der Waals surface area contributed by atoms with Gasteiger partial charge in [-0.2, -0.15) is 0 Å². The Morgan fingerprint density at radius 2 is 2.06 bits per heavy atom. The molecule has 16 heavy (non-hydrogen) atoms. The van der Waals surface area contributed by atoms with Gasteiger partial charge in [0.1, 0.15) is 18.5 Å². The molecule has 1 aromatic carbocycles. The number of carbonyl (C=O) groups is 1. The summed E-state index contributed by atoms with van der Waals surface area (Å²) in [6.45, 7) is 0.151. The molecule has 0 saturated heterocycles. The van der Waals surface area contributed by atoms with Crippen LogP contribution >= 0.6 is 11.6 Å². The highest BCUT2D eigenvalue weighted by molar-refractivity contribution is 6.18. The number of aliphatic hydroxyl groups excluding tert-OH is 1. The van der Waals surface area contributed by atoms with Crippen LogP contribution in [-0.4, -0.2) is 29.6 Å². The molecule has 0 radical (unpaired) electrons. The molecule has 0 aliphatic rings. The molecular weight excluding hydrogens is 230 g/mol. The molecule has 0 fully saturated rings. The number of rotatable bonds is 6. The summed E-state index contributed by atoms with van der Waals surface area (Å²) >= 11 is 5.42. The number of alkyl halides is 1. The lowest BCUT2D eigenvalue weighted by molar-refractivity contribution is -0.117. The lowest BCUT2D eigenvalue weighted by Gasteiger charge is -2.09. The van der Waals surface area contributed by atoms with Crippen LogP contribution in [0.15, 0.2) is 24.3 Å². The number of hydrogen-bond donors (Lipinski definition) is 2. The summed E-state index contributed by atoms with van der Waals surface area (Å²) in [6.07, 6.45) is -0.461. The van der Waals surface area contributed by atoms with E-state index >= 15 is 0 Å². The second kappa shape index (κ2) is 6.35. The fourth-order valence-electron chi connectivity index (χ4n) is 1.14. The van der Waals surface area contributed by atoms with E-state index in [9.17, 15) is 9.90 Å². The highest BCUT2D eigenvalue weighted by atomic mass is 35.5. The lowest BCUT2D eigenvalue weighted by Crippen LogP contribution is -2.18. The number of benzene rings is 1. The number of nitrogens with two attached hydrogens (primary N) is 1. The van der Waals surface area contributed by atoms with Crippen LogP contribution in [0, 0.1) is 0 Å². The van der Waals surface area contributed by atoms with Crippen molar-refractivity contribution in [2.75, 3.05) is 12.5 Å².